The SMILES string of the molecule is NCCc1cn(Cc2cc(Cl)ccc2Cl)c2ncccc12. The molecule has 3 nitrogen and oxygen atoms in total. The Morgan fingerprint density at radius 1 is 1.14 bits per heavy atom. The predicted molar refractivity (Wildman–Crippen MR) is 88.1 cm³/mol. The first-order valence-electron chi connectivity index (χ1n) is 6.76. The fourth-order valence-electron chi connectivity index (χ4n) is 2.52. The van der Waals surface area contributed by atoms with Gasteiger partial charge < -0.3 is 10.3 Å². The zero-order valence-electron chi connectivity index (χ0n) is 11.4. The van der Waals surface area contributed by atoms with Crippen LogP contribution in [0.2, 0.25) is 10.0 Å². The van der Waals surface area contributed by atoms with Crippen LogP contribution in [0.5, 0.6) is 0 Å². The lowest BCUT2D eigenvalue weighted by molar-refractivity contribution is 0.817. The fourth-order valence-corrected chi connectivity index (χ4v) is 2.89. The standard InChI is InChI=1S/C16H15Cl2N3/c17-13-3-4-15(18)12(8-13)10-21-9-11(5-6-19)14-2-1-7-20-16(14)21/h1-4,7-9H,5-6,10,19H2. The number of hydrogen-bond acceptors (Lipinski definition) is 2. The van der Waals surface area contributed by atoms with Crippen LogP contribution < -0.4 is 5.73 Å². The van der Waals surface area contributed by atoms with Gasteiger partial charge in [-0.15, -0.1) is 0 Å². The van der Waals surface area contributed by atoms with Gasteiger partial charge in [0.15, 0.2) is 0 Å². The fraction of sp³-hybridized carbons (Fsp3) is 0.188. The second-order valence-corrected chi connectivity index (χ2v) is 5.77. The minimum Gasteiger partial charge on any atom is -0.330 e. The maximum absolute atomic E-state index is 6.25. The van der Waals surface area contributed by atoms with Gasteiger partial charge in [0.2, 0.25) is 0 Å². The minimum absolute atomic E-state index is 0.617. The van der Waals surface area contributed by atoms with Gasteiger partial charge in [-0.1, -0.05) is 23.2 Å². The number of pyridine rings is 1. The highest BCUT2D eigenvalue weighted by atomic mass is 35.5. The molecule has 0 radical (unpaired) electrons. The van der Waals surface area contributed by atoms with Crippen LogP contribution in [0.25, 0.3) is 11.0 Å². The number of benzene rings is 1. The van der Waals surface area contributed by atoms with E-state index in [9.17, 15) is 0 Å². The number of rotatable bonds is 4. The molecule has 2 aromatic heterocycles. The quantitative estimate of drug-likeness (QED) is 0.792. The highest BCUT2D eigenvalue weighted by molar-refractivity contribution is 6.33. The molecule has 0 aliphatic carbocycles. The summed E-state index contributed by atoms with van der Waals surface area (Å²) in [6.07, 6.45) is 4.73. The summed E-state index contributed by atoms with van der Waals surface area (Å²) in [7, 11) is 0. The van der Waals surface area contributed by atoms with Crippen LogP contribution in [0.1, 0.15) is 11.1 Å². The highest BCUT2D eigenvalue weighted by Crippen LogP contribution is 2.25. The molecule has 108 valence electrons. The van der Waals surface area contributed by atoms with E-state index in [0.29, 0.717) is 23.1 Å². The molecule has 3 aromatic rings. The highest BCUT2D eigenvalue weighted by Gasteiger charge is 2.10. The van der Waals surface area contributed by atoms with E-state index in [2.05, 4.69) is 21.8 Å². The van der Waals surface area contributed by atoms with Gasteiger partial charge >= 0.3 is 0 Å². The van der Waals surface area contributed by atoms with E-state index in [0.717, 1.165) is 23.0 Å². The normalized spacial score (nSPS) is 11.2. The minimum atomic E-state index is 0.617. The van der Waals surface area contributed by atoms with Gasteiger partial charge in [0.25, 0.3) is 0 Å². The van der Waals surface area contributed by atoms with Gasteiger partial charge in [0.1, 0.15) is 5.65 Å². The summed E-state index contributed by atoms with van der Waals surface area (Å²) in [6.45, 7) is 1.25. The van der Waals surface area contributed by atoms with E-state index in [1.54, 1.807) is 12.3 Å². The number of nitrogens with zero attached hydrogens (tertiary/aromatic N) is 2. The topological polar surface area (TPSA) is 43.8 Å². The second kappa shape index (κ2) is 6.06. The van der Waals surface area contributed by atoms with Gasteiger partial charge in [-0.3, -0.25) is 0 Å². The van der Waals surface area contributed by atoms with Crippen molar-refractivity contribution in [1.82, 2.24) is 9.55 Å². The Kier molecular flexibility index (Phi) is 4.15. The molecule has 0 saturated carbocycles. The Balaban J connectivity index is 2.06. The molecule has 0 bridgehead atoms. The molecular formula is C16H15Cl2N3. The first kappa shape index (κ1) is 14.4. The Morgan fingerprint density at radius 2 is 2.00 bits per heavy atom. The lowest BCUT2D eigenvalue weighted by atomic mass is 10.2. The van der Waals surface area contributed by atoms with E-state index in [1.165, 1.54) is 5.56 Å². The molecule has 0 unspecified atom stereocenters. The summed E-state index contributed by atoms with van der Waals surface area (Å²) in [5.74, 6) is 0. The third-order valence-corrected chi connectivity index (χ3v) is 4.08. The molecule has 0 spiro atoms. The molecular weight excluding hydrogens is 305 g/mol. The average Bonchev–Trinajstić information content (AvgIpc) is 2.82. The molecule has 2 N–H and O–H groups in total. The Bertz CT molecular complexity index is 780. The van der Waals surface area contributed by atoms with Crippen molar-refractivity contribution in [2.75, 3.05) is 6.54 Å². The van der Waals surface area contributed by atoms with Crippen LogP contribution >= 0.6 is 23.2 Å². The smallest absolute Gasteiger partial charge is 0.140 e. The Morgan fingerprint density at radius 3 is 2.81 bits per heavy atom. The second-order valence-electron chi connectivity index (χ2n) is 4.93. The van der Waals surface area contributed by atoms with Crippen molar-refractivity contribution in [3.63, 3.8) is 0 Å². The molecule has 0 aliphatic heterocycles. The molecule has 2 heterocycles. The van der Waals surface area contributed by atoms with Crippen molar-refractivity contribution in [2.45, 2.75) is 13.0 Å². The van der Waals surface area contributed by atoms with Gasteiger partial charge in [0.05, 0.1) is 6.54 Å². The van der Waals surface area contributed by atoms with E-state index in [4.69, 9.17) is 28.9 Å². The van der Waals surface area contributed by atoms with E-state index in [-0.39, 0.29) is 0 Å². The molecule has 3 rings (SSSR count). The lowest BCUT2D eigenvalue weighted by Crippen LogP contribution is -2.02. The van der Waals surface area contributed by atoms with Crippen LogP contribution in [0.15, 0.2) is 42.7 Å². The molecule has 1 aromatic carbocycles. The number of hydrogen-bond donors (Lipinski definition) is 1. The van der Waals surface area contributed by atoms with E-state index in [1.807, 2.05) is 18.2 Å². The molecule has 0 amide bonds. The number of halogens is 2. The molecule has 0 fully saturated rings. The molecule has 0 aliphatic rings. The Labute approximate surface area is 133 Å². The van der Waals surface area contributed by atoms with Gasteiger partial charge in [-0.05, 0) is 54.4 Å². The molecule has 0 atom stereocenters. The molecule has 21 heavy (non-hydrogen) atoms. The summed E-state index contributed by atoms with van der Waals surface area (Å²) in [4.78, 5) is 4.48. The van der Waals surface area contributed by atoms with Gasteiger partial charge in [-0.2, -0.15) is 0 Å². The third kappa shape index (κ3) is 2.91. The van der Waals surface area contributed by atoms with Gasteiger partial charge in [-0.25, -0.2) is 4.98 Å². The van der Waals surface area contributed by atoms with Crippen molar-refractivity contribution in [2.24, 2.45) is 5.73 Å². The number of nitrogens with two attached hydrogens (primary N) is 1. The van der Waals surface area contributed by atoms with Crippen LogP contribution in [0.4, 0.5) is 0 Å². The van der Waals surface area contributed by atoms with Crippen molar-refractivity contribution < 1.29 is 0 Å². The van der Waals surface area contributed by atoms with E-state index < -0.39 is 0 Å². The lowest BCUT2D eigenvalue weighted by Gasteiger charge is -2.07. The summed E-state index contributed by atoms with van der Waals surface area (Å²) in [5, 5.41) is 2.53. The number of aromatic nitrogens is 2. The van der Waals surface area contributed by atoms with Gasteiger partial charge in [0, 0.05) is 27.8 Å². The maximum atomic E-state index is 6.25. The summed E-state index contributed by atoms with van der Waals surface area (Å²) < 4.78 is 2.10. The van der Waals surface area contributed by atoms with Crippen molar-refractivity contribution in [1.29, 1.82) is 0 Å². The van der Waals surface area contributed by atoms with Crippen molar-refractivity contribution >= 4 is 34.2 Å². The Hall–Kier alpha value is -1.55. The van der Waals surface area contributed by atoms with Crippen molar-refractivity contribution in [3.05, 3.63) is 63.9 Å². The zero-order valence-corrected chi connectivity index (χ0v) is 12.9. The first-order chi connectivity index (χ1) is 10.2. The average molecular weight is 320 g/mol. The largest absolute Gasteiger partial charge is 0.330 e. The maximum Gasteiger partial charge on any atom is 0.140 e. The summed E-state index contributed by atoms with van der Waals surface area (Å²) in [5.41, 5.74) is 8.82. The first-order valence-corrected chi connectivity index (χ1v) is 7.51. The predicted octanol–water partition coefficient (Wildman–Crippen LogP) is 3.89. The van der Waals surface area contributed by atoms with Crippen LogP contribution in [-0.4, -0.2) is 16.1 Å². The van der Waals surface area contributed by atoms with Crippen molar-refractivity contribution in [3.8, 4) is 0 Å². The van der Waals surface area contributed by atoms with E-state index >= 15 is 0 Å². The molecule has 0 saturated heterocycles. The third-order valence-electron chi connectivity index (χ3n) is 3.48. The number of fused-ring (bicyclic) bond motifs is 1. The van der Waals surface area contributed by atoms with Crippen LogP contribution in [0.3, 0.4) is 0 Å². The van der Waals surface area contributed by atoms with Crippen LogP contribution in [-0.2, 0) is 13.0 Å². The molecule has 5 heteroatoms. The zero-order chi connectivity index (χ0) is 14.8. The summed E-state index contributed by atoms with van der Waals surface area (Å²) >= 11 is 12.3. The van der Waals surface area contributed by atoms with Crippen LogP contribution in [0, 0.1) is 0 Å². The monoisotopic (exact) mass is 319 g/mol. The summed E-state index contributed by atoms with van der Waals surface area (Å²) in [6, 6.07) is 9.52.